The lowest BCUT2D eigenvalue weighted by Crippen LogP contribution is -2.54. The molecule has 0 radical (unpaired) electrons. The molecular formula is C38H64N10O7. The van der Waals surface area contributed by atoms with E-state index in [1.54, 1.807) is 6.20 Å². The number of benzene rings is 1. The number of carboxylic acid groups (broad SMARTS) is 1. The summed E-state index contributed by atoms with van der Waals surface area (Å²) in [5, 5.41) is 30.5. The molecule has 13 N–H and O–H groups in total. The highest BCUT2D eigenvalue weighted by molar-refractivity contribution is 5.95. The minimum atomic E-state index is -1.33. The van der Waals surface area contributed by atoms with Crippen LogP contribution in [0.1, 0.15) is 82.6 Å². The fourth-order valence-electron chi connectivity index (χ4n) is 5.76. The first kappa shape index (κ1) is 46.6. The second kappa shape index (κ2) is 28.8. The number of hydrogen-bond donors (Lipinski definition) is 11. The second-order valence-electron chi connectivity index (χ2n) is 13.5. The molecule has 0 fully saturated rings. The van der Waals surface area contributed by atoms with E-state index in [0.717, 1.165) is 55.2 Å². The minimum absolute atomic E-state index is 0.0243. The topological polar surface area (TPSA) is 275 Å². The van der Waals surface area contributed by atoms with Crippen molar-refractivity contribution < 1.29 is 33.9 Å². The Morgan fingerprint density at radius 2 is 1.20 bits per heavy atom. The zero-order valence-corrected chi connectivity index (χ0v) is 32.1. The maximum absolute atomic E-state index is 13.2. The number of nitrogens with one attached hydrogen (secondary N) is 8. The third kappa shape index (κ3) is 21.2. The van der Waals surface area contributed by atoms with Crippen molar-refractivity contribution in [1.82, 2.24) is 42.2 Å². The molecule has 2 aromatic rings. The molecule has 1 aromatic carbocycles. The van der Waals surface area contributed by atoms with Crippen LogP contribution in [-0.2, 0) is 35.2 Å². The van der Waals surface area contributed by atoms with Gasteiger partial charge in [-0.2, -0.15) is 0 Å². The van der Waals surface area contributed by atoms with Crippen molar-refractivity contribution in [3.05, 3.63) is 36.0 Å². The van der Waals surface area contributed by atoms with Gasteiger partial charge in [-0.3, -0.25) is 28.8 Å². The second-order valence-corrected chi connectivity index (χ2v) is 13.5. The molecule has 17 heteroatoms. The predicted molar refractivity (Wildman–Crippen MR) is 212 cm³/mol. The van der Waals surface area contributed by atoms with Gasteiger partial charge in [-0.25, -0.2) is 0 Å². The molecule has 0 aliphatic carbocycles. The number of nitrogens with two attached hydrogens (primary N) is 2. The summed E-state index contributed by atoms with van der Waals surface area (Å²) in [7, 11) is 0. The van der Waals surface area contributed by atoms with Crippen LogP contribution in [0.3, 0.4) is 0 Å². The van der Waals surface area contributed by atoms with Crippen molar-refractivity contribution in [3.8, 4) is 0 Å². The first-order valence-electron chi connectivity index (χ1n) is 19.6. The molecular weight excluding hydrogens is 708 g/mol. The number of aromatic nitrogens is 1. The molecule has 2 atom stereocenters. The van der Waals surface area contributed by atoms with Crippen LogP contribution < -0.4 is 48.7 Å². The van der Waals surface area contributed by atoms with E-state index in [0.29, 0.717) is 71.2 Å². The molecule has 0 aliphatic rings. The number of H-pyrrole nitrogens is 1. The Balaban J connectivity index is 1.58. The molecule has 1 heterocycles. The highest BCUT2D eigenvalue weighted by Crippen LogP contribution is 2.18. The predicted octanol–water partition coefficient (Wildman–Crippen LogP) is -0.109. The van der Waals surface area contributed by atoms with E-state index < -0.39 is 42.2 Å². The number of aromatic amines is 1. The number of carbonyl (C=O) groups is 6. The summed E-state index contributed by atoms with van der Waals surface area (Å²) in [5.74, 6) is -2.98. The van der Waals surface area contributed by atoms with Crippen molar-refractivity contribution in [2.45, 2.75) is 95.6 Å². The van der Waals surface area contributed by atoms with Gasteiger partial charge in [-0.05, 0) is 95.6 Å². The van der Waals surface area contributed by atoms with Gasteiger partial charge in [-0.15, -0.1) is 0 Å². The molecule has 0 saturated carbocycles. The van der Waals surface area contributed by atoms with Gasteiger partial charge in [0.1, 0.15) is 12.1 Å². The van der Waals surface area contributed by atoms with Gasteiger partial charge < -0.3 is 58.8 Å². The Morgan fingerprint density at radius 1 is 0.618 bits per heavy atom. The molecule has 1 aromatic heterocycles. The van der Waals surface area contributed by atoms with Gasteiger partial charge in [0.2, 0.25) is 29.5 Å². The molecule has 17 nitrogen and oxygen atoms in total. The average Bonchev–Trinajstić information content (AvgIpc) is 3.56. The normalized spacial score (nSPS) is 12.1. The van der Waals surface area contributed by atoms with Gasteiger partial charge in [0.05, 0.1) is 12.8 Å². The zero-order chi connectivity index (χ0) is 40.1. The van der Waals surface area contributed by atoms with Crippen molar-refractivity contribution in [3.63, 3.8) is 0 Å². The van der Waals surface area contributed by atoms with Crippen LogP contribution in [-0.4, -0.2) is 117 Å². The number of aliphatic carboxylic acids is 1. The summed E-state index contributed by atoms with van der Waals surface area (Å²) in [6.07, 6.45) is 8.32. The number of hydrogen-bond acceptors (Lipinski definition) is 10. The number of fused-ring (bicyclic) bond motifs is 1. The Hall–Kier alpha value is -4.58. The SMILES string of the molecule is NCCCCNCCC(=O)NCCCCNCCC(=O)NCCCCCNC(=O)C(CC(=O)O)NC(=O)C(CCCN)NC(=O)Cc1c[nH]c2ccccc12. The molecule has 0 spiro atoms. The number of rotatable bonds is 32. The van der Waals surface area contributed by atoms with E-state index in [1.807, 2.05) is 24.3 Å². The van der Waals surface area contributed by atoms with Crippen LogP contribution in [0, 0.1) is 0 Å². The van der Waals surface area contributed by atoms with Crippen molar-refractivity contribution in [1.29, 1.82) is 0 Å². The summed E-state index contributed by atoms with van der Waals surface area (Å²) in [5.41, 5.74) is 12.8. The summed E-state index contributed by atoms with van der Waals surface area (Å²) in [6, 6.07) is 5.20. The van der Waals surface area contributed by atoms with E-state index in [2.05, 4.69) is 42.2 Å². The molecule has 0 aliphatic heterocycles. The fraction of sp³-hybridized carbons (Fsp3) is 0.632. The molecule has 308 valence electrons. The first-order valence-corrected chi connectivity index (χ1v) is 19.6. The average molecular weight is 773 g/mol. The van der Waals surface area contributed by atoms with Crippen LogP contribution in [0.15, 0.2) is 30.5 Å². The quantitative estimate of drug-likeness (QED) is 0.0437. The summed E-state index contributed by atoms with van der Waals surface area (Å²) >= 11 is 0. The maximum atomic E-state index is 13.2. The Labute approximate surface area is 324 Å². The first-order chi connectivity index (χ1) is 26.6. The Bertz CT molecular complexity index is 1450. The molecule has 2 unspecified atom stereocenters. The lowest BCUT2D eigenvalue weighted by Gasteiger charge is -2.22. The van der Waals surface area contributed by atoms with E-state index in [4.69, 9.17) is 11.5 Å². The lowest BCUT2D eigenvalue weighted by molar-refractivity contribution is -0.141. The number of para-hydroxylation sites is 1. The summed E-state index contributed by atoms with van der Waals surface area (Å²) in [4.78, 5) is 77.7. The standard InChI is InChI=1S/C38H64N10O7/c39-16-4-7-18-41-23-14-34(50)44-21-9-8-19-42-24-15-33(49)43-20-5-1-6-22-45-37(54)32(26-36(52)53)48-38(55)31(13-10-17-40)47-35(51)25-28-27-46-30-12-3-2-11-29(28)30/h2-3,11-12,27,31-32,41-42,46H,1,4-10,13-26,39-40H2,(H,43,49)(H,44,50)(H,45,54)(H,47,51)(H,48,55)(H,52,53). The fourth-order valence-corrected chi connectivity index (χ4v) is 5.76. The Morgan fingerprint density at radius 3 is 1.84 bits per heavy atom. The van der Waals surface area contributed by atoms with Crippen LogP contribution >= 0.6 is 0 Å². The highest BCUT2D eigenvalue weighted by atomic mass is 16.4. The lowest BCUT2D eigenvalue weighted by atomic mass is 10.1. The maximum Gasteiger partial charge on any atom is 0.305 e. The summed E-state index contributed by atoms with van der Waals surface area (Å²) < 4.78 is 0. The number of unbranched alkanes of at least 4 members (excludes halogenated alkanes) is 4. The largest absolute Gasteiger partial charge is 0.481 e. The summed E-state index contributed by atoms with van der Waals surface area (Å²) in [6.45, 7) is 5.19. The van der Waals surface area contributed by atoms with Gasteiger partial charge in [0.15, 0.2) is 0 Å². The van der Waals surface area contributed by atoms with Crippen molar-refractivity contribution >= 4 is 46.4 Å². The number of carbonyl (C=O) groups excluding carboxylic acids is 5. The molecule has 5 amide bonds. The minimum Gasteiger partial charge on any atom is -0.481 e. The number of amides is 5. The zero-order valence-electron chi connectivity index (χ0n) is 32.1. The molecule has 2 rings (SSSR count). The van der Waals surface area contributed by atoms with Crippen molar-refractivity contribution in [2.75, 3.05) is 58.9 Å². The van der Waals surface area contributed by atoms with E-state index in [-0.39, 0.29) is 37.7 Å². The monoisotopic (exact) mass is 772 g/mol. The van der Waals surface area contributed by atoms with Gasteiger partial charge >= 0.3 is 5.97 Å². The van der Waals surface area contributed by atoms with Crippen LogP contribution in [0.4, 0.5) is 0 Å². The van der Waals surface area contributed by atoms with E-state index in [1.165, 1.54) is 0 Å². The molecule has 0 bridgehead atoms. The Kier molecular flexibility index (Phi) is 24.4. The van der Waals surface area contributed by atoms with Crippen LogP contribution in [0.25, 0.3) is 10.9 Å². The van der Waals surface area contributed by atoms with E-state index >= 15 is 0 Å². The molecule has 55 heavy (non-hydrogen) atoms. The highest BCUT2D eigenvalue weighted by Gasteiger charge is 2.28. The van der Waals surface area contributed by atoms with Gasteiger partial charge in [0.25, 0.3) is 0 Å². The van der Waals surface area contributed by atoms with Crippen LogP contribution in [0.5, 0.6) is 0 Å². The third-order valence-electron chi connectivity index (χ3n) is 8.83. The smallest absolute Gasteiger partial charge is 0.305 e. The molecule has 0 saturated heterocycles. The third-order valence-corrected chi connectivity index (χ3v) is 8.83. The van der Waals surface area contributed by atoms with Crippen LogP contribution in [0.2, 0.25) is 0 Å². The van der Waals surface area contributed by atoms with E-state index in [9.17, 15) is 33.9 Å². The van der Waals surface area contributed by atoms with Gasteiger partial charge in [0, 0.05) is 62.7 Å². The number of carboxylic acids is 1. The van der Waals surface area contributed by atoms with Crippen molar-refractivity contribution in [2.24, 2.45) is 11.5 Å². The van der Waals surface area contributed by atoms with Gasteiger partial charge in [-0.1, -0.05) is 18.2 Å².